The summed E-state index contributed by atoms with van der Waals surface area (Å²) in [4.78, 5) is 12.0. The van der Waals surface area contributed by atoms with Crippen molar-refractivity contribution >= 4 is 6.09 Å². The first-order valence-electron chi connectivity index (χ1n) is 8.78. The summed E-state index contributed by atoms with van der Waals surface area (Å²) in [5.74, 6) is 1.75. The van der Waals surface area contributed by atoms with E-state index in [9.17, 15) is 4.79 Å². The molecule has 0 aliphatic heterocycles. The molecular weight excluding hydrogens is 250 g/mol. The van der Waals surface area contributed by atoms with Crippen LogP contribution in [-0.4, -0.2) is 18.2 Å². The van der Waals surface area contributed by atoms with E-state index in [1.807, 2.05) is 0 Å². The third-order valence-electron chi connectivity index (χ3n) is 5.69. The van der Waals surface area contributed by atoms with Gasteiger partial charge in [0.15, 0.2) is 0 Å². The molecule has 0 heterocycles. The van der Waals surface area contributed by atoms with Crippen molar-refractivity contribution in [2.45, 2.75) is 89.2 Å². The molecule has 3 fully saturated rings. The van der Waals surface area contributed by atoms with Crippen LogP contribution < -0.4 is 5.32 Å². The molecule has 114 valence electrons. The molecule has 0 bridgehead atoms. The van der Waals surface area contributed by atoms with Gasteiger partial charge >= 0.3 is 6.09 Å². The van der Waals surface area contributed by atoms with E-state index < -0.39 is 0 Å². The molecule has 1 N–H and O–H groups in total. The molecule has 0 unspecified atom stereocenters. The van der Waals surface area contributed by atoms with Crippen molar-refractivity contribution in [1.82, 2.24) is 5.32 Å². The molecule has 3 saturated carbocycles. The molecule has 3 rings (SSSR count). The molecule has 3 heteroatoms. The second-order valence-electron chi connectivity index (χ2n) is 7.12. The molecule has 0 saturated heterocycles. The number of amides is 1. The summed E-state index contributed by atoms with van der Waals surface area (Å²) in [6.45, 7) is 0. The van der Waals surface area contributed by atoms with Gasteiger partial charge in [0.2, 0.25) is 0 Å². The standard InChI is InChI=1S/C17H29NO2/c19-17(18-15-8-2-1-3-9-15)20-16-11-10-13-6-4-5-7-14(13)12-16/h13-16H,1-12H2,(H,18,19)/t13-,14+,16-/m0/s1. The van der Waals surface area contributed by atoms with Gasteiger partial charge in [0, 0.05) is 6.04 Å². The molecule has 0 aromatic heterocycles. The zero-order valence-electron chi connectivity index (χ0n) is 12.6. The SMILES string of the molecule is O=C(NC1CCCCC1)O[C@H]1CC[C@@H]2CCCC[C@@H]2C1. The van der Waals surface area contributed by atoms with Crippen molar-refractivity contribution < 1.29 is 9.53 Å². The largest absolute Gasteiger partial charge is 0.446 e. The normalized spacial score (nSPS) is 35.1. The van der Waals surface area contributed by atoms with Crippen LogP contribution >= 0.6 is 0 Å². The molecule has 0 radical (unpaired) electrons. The van der Waals surface area contributed by atoms with Crippen molar-refractivity contribution in [3.05, 3.63) is 0 Å². The van der Waals surface area contributed by atoms with Gasteiger partial charge in [-0.1, -0.05) is 44.9 Å². The smallest absolute Gasteiger partial charge is 0.407 e. The highest BCUT2D eigenvalue weighted by Crippen LogP contribution is 2.41. The lowest BCUT2D eigenvalue weighted by molar-refractivity contribution is 0.0257. The van der Waals surface area contributed by atoms with E-state index in [2.05, 4.69) is 5.32 Å². The first kappa shape index (κ1) is 14.2. The summed E-state index contributed by atoms with van der Waals surface area (Å²) in [6.07, 6.45) is 15.1. The summed E-state index contributed by atoms with van der Waals surface area (Å²) in [7, 11) is 0. The van der Waals surface area contributed by atoms with Crippen LogP contribution in [0.3, 0.4) is 0 Å². The van der Waals surface area contributed by atoms with Crippen molar-refractivity contribution in [2.75, 3.05) is 0 Å². The Hall–Kier alpha value is -0.730. The molecular formula is C17H29NO2. The fourth-order valence-corrected chi connectivity index (χ4v) is 4.54. The maximum absolute atomic E-state index is 12.0. The molecule has 3 atom stereocenters. The number of hydrogen-bond acceptors (Lipinski definition) is 2. The van der Waals surface area contributed by atoms with E-state index in [-0.39, 0.29) is 12.2 Å². The number of fused-ring (bicyclic) bond motifs is 1. The second-order valence-corrected chi connectivity index (χ2v) is 7.12. The maximum Gasteiger partial charge on any atom is 0.407 e. The minimum atomic E-state index is -0.156. The van der Waals surface area contributed by atoms with Crippen LogP contribution in [0.1, 0.15) is 77.0 Å². The molecule has 3 aliphatic carbocycles. The van der Waals surface area contributed by atoms with Gasteiger partial charge in [-0.05, 0) is 43.9 Å². The summed E-state index contributed by atoms with van der Waals surface area (Å²) in [5, 5.41) is 3.08. The first-order chi connectivity index (χ1) is 9.81. The van der Waals surface area contributed by atoms with Gasteiger partial charge in [0.1, 0.15) is 6.10 Å². The number of nitrogens with one attached hydrogen (secondary N) is 1. The summed E-state index contributed by atoms with van der Waals surface area (Å²) < 4.78 is 5.69. The van der Waals surface area contributed by atoms with Crippen LogP contribution in [0.15, 0.2) is 0 Å². The van der Waals surface area contributed by atoms with Crippen molar-refractivity contribution in [1.29, 1.82) is 0 Å². The van der Waals surface area contributed by atoms with Gasteiger partial charge in [-0.2, -0.15) is 0 Å². The van der Waals surface area contributed by atoms with Gasteiger partial charge in [-0.15, -0.1) is 0 Å². The minimum absolute atomic E-state index is 0.156. The van der Waals surface area contributed by atoms with Crippen LogP contribution in [0.25, 0.3) is 0 Å². The molecule has 3 nitrogen and oxygen atoms in total. The fraction of sp³-hybridized carbons (Fsp3) is 0.941. The van der Waals surface area contributed by atoms with Gasteiger partial charge < -0.3 is 10.1 Å². The highest BCUT2D eigenvalue weighted by molar-refractivity contribution is 5.67. The fourth-order valence-electron chi connectivity index (χ4n) is 4.54. The zero-order valence-corrected chi connectivity index (χ0v) is 12.6. The summed E-state index contributed by atoms with van der Waals surface area (Å²) in [6, 6.07) is 0.363. The van der Waals surface area contributed by atoms with E-state index >= 15 is 0 Å². The highest BCUT2D eigenvalue weighted by Gasteiger charge is 2.33. The Labute approximate surface area is 122 Å². The molecule has 0 spiro atoms. The Morgan fingerprint density at radius 2 is 1.50 bits per heavy atom. The topological polar surface area (TPSA) is 38.3 Å². The number of hydrogen-bond donors (Lipinski definition) is 1. The Bertz CT molecular complexity index is 325. The zero-order chi connectivity index (χ0) is 13.8. The quantitative estimate of drug-likeness (QED) is 0.813. The molecule has 3 aliphatic rings. The average Bonchev–Trinajstić information content (AvgIpc) is 2.48. The molecule has 1 amide bonds. The van der Waals surface area contributed by atoms with Crippen LogP contribution in [0.4, 0.5) is 4.79 Å². The second kappa shape index (κ2) is 6.82. The van der Waals surface area contributed by atoms with Crippen LogP contribution in [0.2, 0.25) is 0 Å². The molecule has 0 aromatic rings. The Balaban J connectivity index is 1.42. The van der Waals surface area contributed by atoms with Crippen LogP contribution in [-0.2, 0) is 4.74 Å². The van der Waals surface area contributed by atoms with Crippen LogP contribution in [0, 0.1) is 11.8 Å². The monoisotopic (exact) mass is 279 g/mol. The third kappa shape index (κ3) is 3.67. The first-order valence-corrected chi connectivity index (χ1v) is 8.78. The number of carbonyl (C=O) groups is 1. The molecule has 20 heavy (non-hydrogen) atoms. The predicted octanol–water partition coefficient (Wildman–Crippen LogP) is 4.40. The summed E-state index contributed by atoms with van der Waals surface area (Å²) in [5.41, 5.74) is 0. The van der Waals surface area contributed by atoms with E-state index in [0.717, 1.165) is 37.5 Å². The summed E-state index contributed by atoms with van der Waals surface area (Å²) >= 11 is 0. The lowest BCUT2D eigenvalue weighted by Crippen LogP contribution is -2.40. The predicted molar refractivity (Wildman–Crippen MR) is 79.6 cm³/mol. The van der Waals surface area contributed by atoms with Gasteiger partial charge in [0.05, 0.1) is 0 Å². The Kier molecular flexibility index (Phi) is 4.85. The number of ether oxygens (including phenoxy) is 1. The van der Waals surface area contributed by atoms with Crippen LogP contribution in [0.5, 0.6) is 0 Å². The number of alkyl carbamates (subject to hydrolysis) is 1. The van der Waals surface area contributed by atoms with Crippen molar-refractivity contribution in [2.24, 2.45) is 11.8 Å². The Morgan fingerprint density at radius 1 is 0.800 bits per heavy atom. The average molecular weight is 279 g/mol. The van der Waals surface area contributed by atoms with E-state index in [0.29, 0.717) is 6.04 Å². The number of carbonyl (C=O) groups excluding carboxylic acids is 1. The maximum atomic E-state index is 12.0. The molecule has 0 aromatic carbocycles. The highest BCUT2D eigenvalue weighted by atomic mass is 16.6. The minimum Gasteiger partial charge on any atom is -0.446 e. The third-order valence-corrected chi connectivity index (χ3v) is 5.69. The van der Waals surface area contributed by atoms with Crippen molar-refractivity contribution in [3.8, 4) is 0 Å². The van der Waals surface area contributed by atoms with Gasteiger partial charge in [-0.3, -0.25) is 0 Å². The van der Waals surface area contributed by atoms with Gasteiger partial charge in [-0.25, -0.2) is 4.79 Å². The van der Waals surface area contributed by atoms with E-state index in [1.54, 1.807) is 0 Å². The lowest BCUT2D eigenvalue weighted by atomic mass is 9.70. The van der Waals surface area contributed by atoms with Crippen molar-refractivity contribution in [3.63, 3.8) is 0 Å². The van der Waals surface area contributed by atoms with Gasteiger partial charge in [0.25, 0.3) is 0 Å². The Morgan fingerprint density at radius 3 is 2.30 bits per heavy atom. The van der Waals surface area contributed by atoms with E-state index in [4.69, 9.17) is 4.74 Å². The van der Waals surface area contributed by atoms with E-state index in [1.165, 1.54) is 51.4 Å². The number of rotatable bonds is 2. The lowest BCUT2D eigenvalue weighted by Gasteiger charge is -2.39.